The number of nitrogens with zero attached hydrogens (tertiary/aromatic N) is 1. The Hall–Kier alpha value is -2.12. The number of carboxylic acid groups (broad SMARTS) is 1. The van der Waals surface area contributed by atoms with Crippen LogP contribution in [0.3, 0.4) is 0 Å². The number of benzene rings is 1. The van der Waals surface area contributed by atoms with Crippen LogP contribution in [0.5, 0.6) is 0 Å². The smallest absolute Gasteiger partial charge is 0.337 e. The van der Waals surface area contributed by atoms with Gasteiger partial charge in [-0.05, 0) is 25.1 Å². The highest BCUT2D eigenvalue weighted by atomic mass is 35.5. The van der Waals surface area contributed by atoms with Crippen LogP contribution >= 0.6 is 22.9 Å². The largest absolute Gasteiger partial charge is 0.478 e. The van der Waals surface area contributed by atoms with Crippen molar-refractivity contribution in [1.29, 1.82) is 0 Å². The second-order valence-electron chi connectivity index (χ2n) is 4.15. The van der Waals surface area contributed by atoms with Gasteiger partial charge in [0.15, 0.2) is 0 Å². The van der Waals surface area contributed by atoms with Crippen molar-refractivity contribution in [1.82, 2.24) is 10.3 Å². The van der Waals surface area contributed by atoms with Crippen LogP contribution in [0, 0.1) is 6.92 Å². The van der Waals surface area contributed by atoms with Crippen molar-refractivity contribution in [3.05, 3.63) is 44.9 Å². The third kappa shape index (κ3) is 4.17. The Labute approximate surface area is 129 Å². The molecular formula is C13H12ClN3O3S. The third-order valence-electron chi connectivity index (χ3n) is 2.55. The van der Waals surface area contributed by atoms with Crippen LogP contribution < -0.4 is 10.6 Å². The van der Waals surface area contributed by atoms with Crippen molar-refractivity contribution in [2.45, 2.75) is 13.5 Å². The maximum absolute atomic E-state index is 11.7. The van der Waals surface area contributed by atoms with Gasteiger partial charge in [0.1, 0.15) is 0 Å². The average molecular weight is 326 g/mol. The molecule has 1 heterocycles. The number of nitrogens with one attached hydrogen (secondary N) is 2. The van der Waals surface area contributed by atoms with Crippen molar-refractivity contribution in [3.8, 4) is 0 Å². The predicted octanol–water partition coefficient (Wildman–Crippen LogP) is 3.12. The number of hydrogen-bond acceptors (Lipinski definition) is 4. The number of anilines is 1. The number of aromatic nitrogens is 1. The first-order valence-electron chi connectivity index (χ1n) is 5.94. The van der Waals surface area contributed by atoms with Gasteiger partial charge in [0.2, 0.25) is 0 Å². The summed E-state index contributed by atoms with van der Waals surface area (Å²) in [5.41, 5.74) is 0.408. The quantitative estimate of drug-likeness (QED) is 0.805. The Morgan fingerprint density at radius 3 is 2.76 bits per heavy atom. The van der Waals surface area contributed by atoms with Crippen LogP contribution in [0.2, 0.25) is 5.02 Å². The number of aromatic carboxylic acids is 1. The summed E-state index contributed by atoms with van der Waals surface area (Å²) in [6.45, 7) is 2.26. The van der Waals surface area contributed by atoms with Gasteiger partial charge in [-0.25, -0.2) is 14.6 Å². The van der Waals surface area contributed by atoms with Crippen molar-refractivity contribution >= 4 is 40.6 Å². The van der Waals surface area contributed by atoms with Gasteiger partial charge in [0, 0.05) is 16.8 Å². The number of carboxylic acids is 1. The number of carbonyl (C=O) groups is 2. The number of halogens is 1. The van der Waals surface area contributed by atoms with Crippen LogP contribution in [0.25, 0.3) is 0 Å². The molecule has 0 aliphatic carbocycles. The number of hydrogen-bond donors (Lipinski definition) is 3. The van der Waals surface area contributed by atoms with Crippen LogP contribution in [0.1, 0.15) is 20.2 Å². The molecule has 0 atom stereocenters. The summed E-state index contributed by atoms with van der Waals surface area (Å²) in [4.78, 5) is 27.6. The first kappa shape index (κ1) is 15.3. The normalized spacial score (nSPS) is 10.2. The average Bonchev–Trinajstić information content (AvgIpc) is 2.82. The van der Waals surface area contributed by atoms with E-state index in [1.165, 1.54) is 29.5 Å². The molecule has 0 fully saturated rings. The van der Waals surface area contributed by atoms with E-state index in [1.54, 1.807) is 6.20 Å². The standard InChI is InChI=1S/C13H12ClN3O3S/c1-7-15-5-9(21-7)6-16-13(20)17-8-2-3-10(12(18)19)11(14)4-8/h2-5H,6H2,1H3,(H,18,19)(H2,16,17,20). The summed E-state index contributed by atoms with van der Waals surface area (Å²) in [6, 6.07) is 3.81. The van der Waals surface area contributed by atoms with Crippen LogP contribution in [0.4, 0.5) is 10.5 Å². The lowest BCUT2D eigenvalue weighted by Crippen LogP contribution is -2.27. The van der Waals surface area contributed by atoms with Gasteiger partial charge in [-0.1, -0.05) is 11.6 Å². The summed E-state index contributed by atoms with van der Waals surface area (Å²) in [6.07, 6.45) is 1.71. The van der Waals surface area contributed by atoms with Crippen LogP contribution in [-0.4, -0.2) is 22.1 Å². The lowest BCUT2D eigenvalue weighted by atomic mass is 10.2. The molecule has 110 valence electrons. The Bertz CT molecular complexity index is 687. The van der Waals surface area contributed by atoms with Crippen molar-refractivity contribution in [2.24, 2.45) is 0 Å². The zero-order valence-corrected chi connectivity index (χ0v) is 12.6. The minimum atomic E-state index is -1.11. The Kier molecular flexibility index (Phi) is 4.77. The lowest BCUT2D eigenvalue weighted by Gasteiger charge is -2.08. The number of rotatable bonds is 4. The molecule has 0 unspecified atom stereocenters. The third-order valence-corrected chi connectivity index (χ3v) is 3.78. The van der Waals surface area contributed by atoms with E-state index >= 15 is 0 Å². The maximum Gasteiger partial charge on any atom is 0.337 e. The van der Waals surface area contributed by atoms with Gasteiger partial charge in [-0.2, -0.15) is 0 Å². The molecule has 0 aliphatic rings. The summed E-state index contributed by atoms with van der Waals surface area (Å²) in [5.74, 6) is -1.11. The molecular weight excluding hydrogens is 314 g/mol. The molecule has 0 radical (unpaired) electrons. The van der Waals surface area contributed by atoms with E-state index in [0.29, 0.717) is 12.2 Å². The number of aryl methyl sites for hydroxylation is 1. The van der Waals surface area contributed by atoms with E-state index in [9.17, 15) is 9.59 Å². The van der Waals surface area contributed by atoms with Gasteiger partial charge >= 0.3 is 12.0 Å². The highest BCUT2D eigenvalue weighted by Crippen LogP contribution is 2.21. The van der Waals surface area contributed by atoms with E-state index < -0.39 is 12.0 Å². The van der Waals surface area contributed by atoms with Crippen molar-refractivity contribution in [2.75, 3.05) is 5.32 Å². The zero-order chi connectivity index (χ0) is 15.4. The highest BCUT2D eigenvalue weighted by Gasteiger charge is 2.10. The number of carbonyl (C=O) groups excluding carboxylic acids is 1. The highest BCUT2D eigenvalue weighted by molar-refractivity contribution is 7.11. The molecule has 6 nitrogen and oxygen atoms in total. The van der Waals surface area contributed by atoms with Gasteiger partial charge in [-0.15, -0.1) is 11.3 Å². The molecule has 2 aromatic rings. The lowest BCUT2D eigenvalue weighted by molar-refractivity contribution is 0.0697. The first-order chi connectivity index (χ1) is 9.95. The zero-order valence-electron chi connectivity index (χ0n) is 11.0. The molecule has 0 saturated carbocycles. The molecule has 2 amide bonds. The van der Waals surface area contributed by atoms with Crippen molar-refractivity contribution < 1.29 is 14.7 Å². The fourth-order valence-electron chi connectivity index (χ4n) is 1.60. The van der Waals surface area contributed by atoms with Gasteiger partial charge in [0.25, 0.3) is 0 Å². The molecule has 0 saturated heterocycles. The summed E-state index contributed by atoms with van der Waals surface area (Å²) in [7, 11) is 0. The molecule has 0 bridgehead atoms. The van der Waals surface area contributed by atoms with E-state index in [1.807, 2.05) is 6.92 Å². The second kappa shape index (κ2) is 6.55. The predicted molar refractivity (Wildman–Crippen MR) is 81.1 cm³/mol. The minimum absolute atomic E-state index is 0.0113. The minimum Gasteiger partial charge on any atom is -0.478 e. The van der Waals surface area contributed by atoms with E-state index in [-0.39, 0.29) is 10.6 Å². The molecule has 8 heteroatoms. The monoisotopic (exact) mass is 325 g/mol. The summed E-state index contributed by atoms with van der Waals surface area (Å²) in [5, 5.41) is 15.1. The van der Waals surface area contributed by atoms with Crippen molar-refractivity contribution in [3.63, 3.8) is 0 Å². The van der Waals surface area contributed by atoms with Crippen LogP contribution in [-0.2, 0) is 6.54 Å². The topological polar surface area (TPSA) is 91.3 Å². The maximum atomic E-state index is 11.7. The SMILES string of the molecule is Cc1ncc(CNC(=O)Nc2ccc(C(=O)O)c(Cl)c2)s1. The van der Waals surface area contributed by atoms with E-state index in [4.69, 9.17) is 16.7 Å². The fraction of sp³-hybridized carbons (Fsp3) is 0.154. The Balaban J connectivity index is 1.93. The molecule has 1 aromatic heterocycles. The van der Waals surface area contributed by atoms with Gasteiger partial charge in [-0.3, -0.25) is 0 Å². The van der Waals surface area contributed by atoms with Gasteiger partial charge in [0.05, 0.1) is 22.1 Å². The number of thiazole rings is 1. The Morgan fingerprint density at radius 1 is 1.43 bits per heavy atom. The molecule has 21 heavy (non-hydrogen) atoms. The molecule has 0 spiro atoms. The van der Waals surface area contributed by atoms with Gasteiger partial charge < -0.3 is 15.7 Å². The Morgan fingerprint density at radius 2 is 2.19 bits per heavy atom. The van der Waals surface area contributed by atoms with Crippen LogP contribution in [0.15, 0.2) is 24.4 Å². The fourth-order valence-corrected chi connectivity index (χ4v) is 2.59. The number of urea groups is 1. The summed E-state index contributed by atoms with van der Waals surface area (Å²) < 4.78 is 0. The van der Waals surface area contributed by atoms with E-state index in [0.717, 1.165) is 9.88 Å². The molecule has 3 N–H and O–H groups in total. The summed E-state index contributed by atoms with van der Waals surface area (Å²) >= 11 is 7.33. The number of amides is 2. The molecule has 2 rings (SSSR count). The molecule has 0 aliphatic heterocycles. The first-order valence-corrected chi connectivity index (χ1v) is 7.14. The van der Waals surface area contributed by atoms with E-state index in [2.05, 4.69) is 15.6 Å². The molecule has 1 aromatic carbocycles. The second-order valence-corrected chi connectivity index (χ2v) is 5.88.